The number of fused-ring (bicyclic) bond motifs is 1. The fraction of sp³-hybridized carbons (Fsp3) is 0.391. The maximum Gasteiger partial charge on any atom is 0.226 e. The molecule has 1 aliphatic rings. The van der Waals surface area contributed by atoms with Gasteiger partial charge in [0.2, 0.25) is 5.95 Å². The molecule has 1 aliphatic heterocycles. The van der Waals surface area contributed by atoms with Crippen LogP contribution in [0.2, 0.25) is 0 Å². The van der Waals surface area contributed by atoms with Gasteiger partial charge >= 0.3 is 0 Å². The molecule has 1 saturated heterocycles. The van der Waals surface area contributed by atoms with Crippen molar-refractivity contribution in [1.82, 2.24) is 14.9 Å². The summed E-state index contributed by atoms with van der Waals surface area (Å²) >= 11 is 0. The van der Waals surface area contributed by atoms with Crippen molar-refractivity contribution in [3.63, 3.8) is 0 Å². The van der Waals surface area contributed by atoms with Gasteiger partial charge in [-0.25, -0.2) is 9.97 Å². The van der Waals surface area contributed by atoms with Crippen molar-refractivity contribution in [1.29, 1.82) is 0 Å². The third-order valence-electron chi connectivity index (χ3n) is 5.37. The lowest BCUT2D eigenvalue weighted by atomic mass is 10.0. The van der Waals surface area contributed by atoms with Gasteiger partial charge in [-0.05, 0) is 32.0 Å². The van der Waals surface area contributed by atoms with Crippen molar-refractivity contribution < 1.29 is 0 Å². The van der Waals surface area contributed by atoms with E-state index in [0.717, 1.165) is 54.3 Å². The summed E-state index contributed by atoms with van der Waals surface area (Å²) in [6.45, 7) is 9.76. The summed E-state index contributed by atoms with van der Waals surface area (Å²) in [6.07, 6.45) is 2.54. The second kappa shape index (κ2) is 9.35. The zero-order valence-corrected chi connectivity index (χ0v) is 17.6. The van der Waals surface area contributed by atoms with Crippen LogP contribution in [0.5, 0.6) is 0 Å². The van der Waals surface area contributed by atoms with Crippen LogP contribution in [0.15, 0.2) is 48.5 Å². The van der Waals surface area contributed by atoms with E-state index < -0.39 is 0 Å². The molecule has 4 nitrogen and oxygen atoms in total. The SMILES string of the molecule is CCCCN1CCN(c2nc(-c3ccccc3)c3cc(C)ccc3n2)CC1.Cl. The van der Waals surface area contributed by atoms with Crippen molar-refractivity contribution >= 4 is 29.3 Å². The van der Waals surface area contributed by atoms with Crippen LogP contribution >= 0.6 is 12.4 Å². The molecule has 3 aromatic rings. The number of hydrogen-bond donors (Lipinski definition) is 0. The molecule has 0 saturated carbocycles. The Morgan fingerprint density at radius 2 is 1.68 bits per heavy atom. The number of rotatable bonds is 5. The first kappa shape index (κ1) is 20.6. The molecule has 148 valence electrons. The summed E-state index contributed by atoms with van der Waals surface area (Å²) in [5.41, 5.74) is 4.45. The number of aryl methyl sites for hydroxylation is 1. The minimum absolute atomic E-state index is 0. The normalized spacial score (nSPS) is 14.9. The average molecular weight is 397 g/mol. The fourth-order valence-corrected chi connectivity index (χ4v) is 3.74. The quantitative estimate of drug-likeness (QED) is 0.610. The molecule has 5 heteroatoms. The van der Waals surface area contributed by atoms with E-state index in [2.05, 4.69) is 72.2 Å². The van der Waals surface area contributed by atoms with E-state index in [0.29, 0.717) is 0 Å². The van der Waals surface area contributed by atoms with Crippen LogP contribution in [0.3, 0.4) is 0 Å². The lowest BCUT2D eigenvalue weighted by Gasteiger charge is -2.35. The predicted molar refractivity (Wildman–Crippen MR) is 121 cm³/mol. The molecule has 0 spiro atoms. The molecule has 0 amide bonds. The van der Waals surface area contributed by atoms with Crippen LogP contribution in [0.4, 0.5) is 5.95 Å². The smallest absolute Gasteiger partial charge is 0.226 e. The number of halogens is 1. The zero-order chi connectivity index (χ0) is 18.6. The van der Waals surface area contributed by atoms with E-state index in [1.807, 2.05) is 0 Å². The number of hydrogen-bond acceptors (Lipinski definition) is 4. The van der Waals surface area contributed by atoms with E-state index in [9.17, 15) is 0 Å². The Bertz CT molecular complexity index is 905. The van der Waals surface area contributed by atoms with Crippen LogP contribution in [-0.2, 0) is 0 Å². The lowest BCUT2D eigenvalue weighted by Crippen LogP contribution is -2.47. The van der Waals surface area contributed by atoms with Gasteiger partial charge in [0.05, 0.1) is 11.2 Å². The summed E-state index contributed by atoms with van der Waals surface area (Å²) in [4.78, 5) is 14.8. The number of aromatic nitrogens is 2. The fourth-order valence-electron chi connectivity index (χ4n) is 3.74. The molecule has 1 fully saturated rings. The highest BCUT2D eigenvalue weighted by Crippen LogP contribution is 2.29. The predicted octanol–water partition coefficient (Wildman–Crippen LogP) is 4.95. The van der Waals surface area contributed by atoms with Gasteiger partial charge in [-0.2, -0.15) is 0 Å². The number of anilines is 1. The summed E-state index contributed by atoms with van der Waals surface area (Å²) in [7, 11) is 0. The van der Waals surface area contributed by atoms with Gasteiger partial charge in [0.1, 0.15) is 0 Å². The van der Waals surface area contributed by atoms with Crippen LogP contribution in [0.1, 0.15) is 25.3 Å². The van der Waals surface area contributed by atoms with Gasteiger partial charge in [-0.3, -0.25) is 4.90 Å². The molecule has 0 radical (unpaired) electrons. The molecule has 2 aromatic carbocycles. The molecule has 2 heterocycles. The Morgan fingerprint density at radius 3 is 2.39 bits per heavy atom. The first-order valence-corrected chi connectivity index (χ1v) is 10.1. The Labute approximate surface area is 174 Å². The molecule has 0 atom stereocenters. The third-order valence-corrected chi connectivity index (χ3v) is 5.37. The molecule has 0 bridgehead atoms. The minimum atomic E-state index is 0. The van der Waals surface area contributed by atoms with E-state index in [-0.39, 0.29) is 12.4 Å². The highest BCUT2D eigenvalue weighted by atomic mass is 35.5. The van der Waals surface area contributed by atoms with Crippen molar-refractivity contribution in [2.24, 2.45) is 0 Å². The summed E-state index contributed by atoms with van der Waals surface area (Å²) in [6, 6.07) is 16.9. The monoisotopic (exact) mass is 396 g/mol. The molecule has 0 aliphatic carbocycles. The molecule has 0 N–H and O–H groups in total. The highest BCUT2D eigenvalue weighted by Gasteiger charge is 2.20. The Balaban J connectivity index is 0.00000225. The van der Waals surface area contributed by atoms with Crippen LogP contribution < -0.4 is 4.90 Å². The van der Waals surface area contributed by atoms with Crippen molar-refractivity contribution in [3.8, 4) is 11.3 Å². The first-order chi connectivity index (χ1) is 13.2. The van der Waals surface area contributed by atoms with Crippen molar-refractivity contribution in [3.05, 3.63) is 54.1 Å². The number of benzene rings is 2. The van der Waals surface area contributed by atoms with E-state index in [1.54, 1.807) is 0 Å². The highest BCUT2D eigenvalue weighted by molar-refractivity contribution is 5.93. The first-order valence-electron chi connectivity index (χ1n) is 10.1. The Kier molecular flexibility index (Phi) is 6.87. The second-order valence-electron chi connectivity index (χ2n) is 7.44. The van der Waals surface area contributed by atoms with Crippen LogP contribution in [0, 0.1) is 6.92 Å². The molecule has 0 unspecified atom stereocenters. The Hall–Kier alpha value is -2.17. The Morgan fingerprint density at radius 1 is 0.929 bits per heavy atom. The number of nitrogens with zero attached hydrogens (tertiary/aromatic N) is 4. The molecule has 4 rings (SSSR count). The second-order valence-corrected chi connectivity index (χ2v) is 7.44. The van der Waals surface area contributed by atoms with Gasteiger partial charge in [-0.1, -0.05) is 55.3 Å². The van der Waals surface area contributed by atoms with Gasteiger partial charge in [0, 0.05) is 37.1 Å². The molecule has 28 heavy (non-hydrogen) atoms. The lowest BCUT2D eigenvalue weighted by molar-refractivity contribution is 0.253. The summed E-state index contributed by atoms with van der Waals surface area (Å²) in [5, 5.41) is 1.13. The minimum Gasteiger partial charge on any atom is -0.338 e. The van der Waals surface area contributed by atoms with Crippen molar-refractivity contribution in [2.75, 3.05) is 37.6 Å². The number of unbranched alkanes of at least 4 members (excludes halogenated alkanes) is 1. The van der Waals surface area contributed by atoms with E-state index >= 15 is 0 Å². The van der Waals surface area contributed by atoms with Gasteiger partial charge in [0.15, 0.2) is 0 Å². The maximum atomic E-state index is 5.02. The molecular formula is C23H29ClN4. The third kappa shape index (κ3) is 4.45. The van der Waals surface area contributed by atoms with Crippen LogP contribution in [0.25, 0.3) is 22.2 Å². The summed E-state index contributed by atoms with van der Waals surface area (Å²) < 4.78 is 0. The van der Waals surface area contributed by atoms with Gasteiger partial charge < -0.3 is 4.90 Å². The number of piperazine rings is 1. The van der Waals surface area contributed by atoms with E-state index in [4.69, 9.17) is 9.97 Å². The van der Waals surface area contributed by atoms with Gasteiger partial charge in [-0.15, -0.1) is 12.4 Å². The maximum absolute atomic E-state index is 5.02. The van der Waals surface area contributed by atoms with E-state index in [1.165, 1.54) is 24.9 Å². The average Bonchev–Trinajstić information content (AvgIpc) is 2.72. The van der Waals surface area contributed by atoms with Crippen molar-refractivity contribution in [2.45, 2.75) is 26.7 Å². The zero-order valence-electron chi connectivity index (χ0n) is 16.8. The summed E-state index contributed by atoms with van der Waals surface area (Å²) in [5.74, 6) is 0.861. The largest absolute Gasteiger partial charge is 0.338 e. The standard InChI is InChI=1S/C23H28N4.ClH/c1-3-4-12-26-13-15-27(16-14-26)23-24-21-11-10-18(2)17-20(21)22(25-23)19-8-6-5-7-9-19;/h5-11,17H,3-4,12-16H2,1-2H3;1H. The topological polar surface area (TPSA) is 32.3 Å². The van der Waals surface area contributed by atoms with Gasteiger partial charge in [0.25, 0.3) is 0 Å². The molecular weight excluding hydrogens is 368 g/mol. The molecule has 1 aromatic heterocycles. The van der Waals surface area contributed by atoms with Crippen LogP contribution in [-0.4, -0.2) is 47.6 Å².